The van der Waals surface area contributed by atoms with Crippen molar-refractivity contribution < 1.29 is 4.79 Å². The van der Waals surface area contributed by atoms with Gasteiger partial charge in [-0.2, -0.15) is 0 Å². The van der Waals surface area contributed by atoms with Crippen LogP contribution in [0.5, 0.6) is 0 Å². The van der Waals surface area contributed by atoms with Gasteiger partial charge >= 0.3 is 0 Å². The molecule has 1 rings (SSSR count). The molecule has 16 heavy (non-hydrogen) atoms. The van der Waals surface area contributed by atoms with Crippen LogP contribution in [0.2, 0.25) is 0 Å². The number of Topliss-reactive ketones (excluding diaryl/α,β-unsaturated/α-hetero) is 1. The van der Waals surface area contributed by atoms with Crippen LogP contribution in [0.1, 0.15) is 51.9 Å². The summed E-state index contributed by atoms with van der Waals surface area (Å²) in [7, 11) is 0. The fraction of sp³-hybridized carbons (Fsp3) is 0.667. The summed E-state index contributed by atoms with van der Waals surface area (Å²) in [6, 6.07) is 0. The number of ketones is 1. The Labute approximate surface area is 99.6 Å². The van der Waals surface area contributed by atoms with E-state index in [0.717, 1.165) is 25.2 Å². The predicted octanol–water partition coefficient (Wildman–Crippen LogP) is 4.29. The number of allylic oxidation sites excluding steroid dienone is 2. The molecule has 0 spiro atoms. The lowest BCUT2D eigenvalue weighted by molar-refractivity contribution is -0.117. The van der Waals surface area contributed by atoms with Crippen LogP contribution in [0.3, 0.4) is 0 Å². The summed E-state index contributed by atoms with van der Waals surface area (Å²) >= 11 is 0. The molecule has 0 aromatic heterocycles. The highest BCUT2D eigenvalue weighted by atomic mass is 16.1. The highest BCUT2D eigenvalue weighted by Gasteiger charge is 2.26. The lowest BCUT2D eigenvalue weighted by Gasteiger charge is -2.18. The molecule has 90 valence electrons. The molecule has 1 atom stereocenters. The van der Waals surface area contributed by atoms with Crippen LogP contribution in [-0.2, 0) is 4.79 Å². The fourth-order valence-electron chi connectivity index (χ4n) is 2.11. The first-order valence-corrected chi connectivity index (χ1v) is 6.41. The quantitative estimate of drug-likeness (QED) is 0.530. The van der Waals surface area contributed by atoms with Crippen LogP contribution >= 0.6 is 0 Å². The smallest absolute Gasteiger partial charge is 0.129 e. The predicted molar refractivity (Wildman–Crippen MR) is 69.3 cm³/mol. The molecule has 0 aliphatic heterocycles. The van der Waals surface area contributed by atoms with E-state index in [4.69, 9.17) is 0 Å². The van der Waals surface area contributed by atoms with Crippen molar-refractivity contribution in [3.63, 3.8) is 0 Å². The zero-order chi connectivity index (χ0) is 12.0. The zero-order valence-corrected chi connectivity index (χ0v) is 10.5. The van der Waals surface area contributed by atoms with Crippen molar-refractivity contribution in [1.29, 1.82) is 0 Å². The Morgan fingerprint density at radius 2 is 2.12 bits per heavy atom. The minimum absolute atomic E-state index is 0.303. The molecule has 1 heteroatoms. The molecule has 1 aliphatic carbocycles. The van der Waals surface area contributed by atoms with Gasteiger partial charge in [-0.3, -0.25) is 0 Å². The second-order valence-corrected chi connectivity index (χ2v) is 5.10. The van der Waals surface area contributed by atoms with Crippen molar-refractivity contribution >= 4 is 5.78 Å². The van der Waals surface area contributed by atoms with Crippen molar-refractivity contribution in [3.8, 4) is 0 Å². The summed E-state index contributed by atoms with van der Waals surface area (Å²) in [5.74, 6) is 1.78. The van der Waals surface area contributed by atoms with Gasteiger partial charge in [0.15, 0.2) is 0 Å². The molecule has 0 bridgehead atoms. The maximum absolute atomic E-state index is 11.0. The van der Waals surface area contributed by atoms with Gasteiger partial charge in [-0.15, -0.1) is 6.58 Å². The van der Waals surface area contributed by atoms with Gasteiger partial charge in [0, 0.05) is 6.42 Å². The number of hydrogen-bond acceptors (Lipinski definition) is 1. The third-order valence-electron chi connectivity index (χ3n) is 3.41. The molecule has 0 radical (unpaired) electrons. The van der Waals surface area contributed by atoms with Crippen LogP contribution < -0.4 is 0 Å². The van der Waals surface area contributed by atoms with Crippen LogP contribution in [0.4, 0.5) is 0 Å². The summed E-state index contributed by atoms with van der Waals surface area (Å²) < 4.78 is 0. The van der Waals surface area contributed by atoms with Crippen molar-refractivity contribution in [2.45, 2.75) is 51.9 Å². The average Bonchev–Trinajstić information content (AvgIpc) is 3.04. The standard InChI is InChI=1S/C15H24O/c1-4-5-6-12(2)15(10-7-13(3)16)11-14-8-9-14/h4,14-15H,1-2,5-11H2,3H3. The molecular formula is C15H24O. The lowest BCUT2D eigenvalue weighted by Crippen LogP contribution is -2.07. The molecule has 0 saturated heterocycles. The molecule has 1 saturated carbocycles. The second kappa shape index (κ2) is 6.67. The van der Waals surface area contributed by atoms with Gasteiger partial charge in [0.2, 0.25) is 0 Å². The van der Waals surface area contributed by atoms with Gasteiger partial charge in [0.05, 0.1) is 0 Å². The highest BCUT2D eigenvalue weighted by Crippen LogP contribution is 2.39. The van der Waals surface area contributed by atoms with Crippen molar-refractivity contribution in [3.05, 3.63) is 24.8 Å². The van der Waals surface area contributed by atoms with E-state index in [9.17, 15) is 4.79 Å². The minimum atomic E-state index is 0.303. The summed E-state index contributed by atoms with van der Waals surface area (Å²) in [6.45, 7) is 9.62. The van der Waals surface area contributed by atoms with Gasteiger partial charge in [-0.05, 0) is 44.4 Å². The molecule has 0 heterocycles. The van der Waals surface area contributed by atoms with E-state index in [2.05, 4.69) is 13.2 Å². The number of rotatable bonds is 9. The lowest BCUT2D eigenvalue weighted by atomic mass is 9.87. The van der Waals surface area contributed by atoms with Gasteiger partial charge in [0.25, 0.3) is 0 Å². The van der Waals surface area contributed by atoms with Crippen LogP contribution in [0, 0.1) is 11.8 Å². The van der Waals surface area contributed by atoms with Crippen molar-refractivity contribution in [2.75, 3.05) is 0 Å². The van der Waals surface area contributed by atoms with E-state index < -0.39 is 0 Å². The Bertz CT molecular complexity index is 261. The molecule has 1 nitrogen and oxygen atoms in total. The number of hydrogen-bond donors (Lipinski definition) is 0. The second-order valence-electron chi connectivity index (χ2n) is 5.10. The molecule has 1 fully saturated rings. The van der Waals surface area contributed by atoms with Gasteiger partial charge in [0.1, 0.15) is 5.78 Å². The van der Waals surface area contributed by atoms with Crippen LogP contribution in [-0.4, -0.2) is 5.78 Å². The minimum Gasteiger partial charge on any atom is -0.300 e. The van der Waals surface area contributed by atoms with Gasteiger partial charge in [-0.25, -0.2) is 0 Å². The Hall–Kier alpha value is -0.850. The van der Waals surface area contributed by atoms with Gasteiger partial charge in [-0.1, -0.05) is 31.1 Å². The molecule has 1 aliphatic rings. The third kappa shape index (κ3) is 5.29. The Morgan fingerprint density at radius 3 is 2.62 bits per heavy atom. The van der Waals surface area contributed by atoms with E-state index in [1.54, 1.807) is 6.92 Å². The Balaban J connectivity index is 2.37. The third-order valence-corrected chi connectivity index (χ3v) is 3.41. The summed E-state index contributed by atoms with van der Waals surface area (Å²) in [5.41, 5.74) is 1.33. The molecule has 0 aromatic carbocycles. The molecule has 0 N–H and O–H groups in total. The monoisotopic (exact) mass is 220 g/mol. The summed E-state index contributed by atoms with van der Waals surface area (Å²) in [4.78, 5) is 11.0. The zero-order valence-electron chi connectivity index (χ0n) is 10.5. The first-order chi connectivity index (χ1) is 7.63. The number of carbonyl (C=O) groups is 1. The fourth-order valence-corrected chi connectivity index (χ4v) is 2.11. The van der Waals surface area contributed by atoms with Crippen molar-refractivity contribution in [1.82, 2.24) is 0 Å². The summed E-state index contributed by atoms with van der Waals surface area (Å²) in [6.07, 6.45) is 9.73. The van der Waals surface area contributed by atoms with E-state index >= 15 is 0 Å². The molecule has 0 aromatic rings. The van der Waals surface area contributed by atoms with Gasteiger partial charge < -0.3 is 4.79 Å². The van der Waals surface area contributed by atoms with E-state index in [0.29, 0.717) is 18.1 Å². The molecule has 0 amide bonds. The van der Waals surface area contributed by atoms with E-state index in [1.165, 1.54) is 24.8 Å². The maximum atomic E-state index is 11.0. The SMILES string of the molecule is C=CCCC(=C)C(CCC(C)=O)CC1CC1. The van der Waals surface area contributed by atoms with E-state index in [-0.39, 0.29) is 0 Å². The van der Waals surface area contributed by atoms with E-state index in [1.807, 2.05) is 6.08 Å². The Morgan fingerprint density at radius 1 is 1.44 bits per heavy atom. The van der Waals surface area contributed by atoms with Crippen molar-refractivity contribution in [2.24, 2.45) is 11.8 Å². The first kappa shape index (κ1) is 13.2. The summed E-state index contributed by atoms with van der Waals surface area (Å²) in [5, 5.41) is 0. The average molecular weight is 220 g/mol. The topological polar surface area (TPSA) is 17.1 Å². The first-order valence-electron chi connectivity index (χ1n) is 6.41. The largest absolute Gasteiger partial charge is 0.300 e. The number of carbonyl (C=O) groups excluding carboxylic acids is 1. The molecule has 1 unspecified atom stereocenters. The Kier molecular flexibility index (Phi) is 5.51. The molecular weight excluding hydrogens is 196 g/mol. The van der Waals surface area contributed by atoms with Crippen LogP contribution in [0.15, 0.2) is 24.8 Å². The van der Waals surface area contributed by atoms with Crippen LogP contribution in [0.25, 0.3) is 0 Å². The normalized spacial score (nSPS) is 16.8. The highest BCUT2D eigenvalue weighted by molar-refractivity contribution is 5.75. The maximum Gasteiger partial charge on any atom is 0.129 e.